The Labute approximate surface area is 96.3 Å². The minimum atomic E-state index is 0.0293. The van der Waals surface area contributed by atoms with Gasteiger partial charge in [0.25, 0.3) is 0 Å². The number of hydrogen-bond acceptors (Lipinski definition) is 3. The summed E-state index contributed by atoms with van der Waals surface area (Å²) in [5, 5.41) is 2.90. The summed E-state index contributed by atoms with van der Waals surface area (Å²) >= 11 is 0. The molecule has 0 aliphatic carbocycles. The van der Waals surface area contributed by atoms with Gasteiger partial charge in [-0.15, -0.1) is 0 Å². The van der Waals surface area contributed by atoms with Gasteiger partial charge in [0.15, 0.2) is 0 Å². The van der Waals surface area contributed by atoms with Crippen LogP contribution in [0.15, 0.2) is 24.5 Å². The lowest BCUT2D eigenvalue weighted by atomic mass is 10.0. The Balaban J connectivity index is 2.40. The van der Waals surface area contributed by atoms with Gasteiger partial charge in [-0.25, -0.2) is 0 Å². The van der Waals surface area contributed by atoms with E-state index in [1.165, 1.54) is 0 Å². The van der Waals surface area contributed by atoms with Crippen molar-refractivity contribution in [3.8, 4) is 0 Å². The van der Waals surface area contributed by atoms with Crippen LogP contribution in [0.25, 0.3) is 0 Å². The van der Waals surface area contributed by atoms with E-state index in [0.29, 0.717) is 13.1 Å². The van der Waals surface area contributed by atoms with Gasteiger partial charge in [-0.05, 0) is 31.0 Å². The molecule has 1 heterocycles. The van der Waals surface area contributed by atoms with E-state index in [1.807, 2.05) is 19.1 Å². The lowest BCUT2D eigenvalue weighted by molar-refractivity contribution is -0.125. The number of hydrogen-bond donors (Lipinski definition) is 2. The van der Waals surface area contributed by atoms with Gasteiger partial charge in [-0.2, -0.15) is 0 Å². The first-order valence-corrected chi connectivity index (χ1v) is 5.64. The van der Waals surface area contributed by atoms with E-state index in [-0.39, 0.29) is 11.8 Å². The monoisotopic (exact) mass is 221 g/mol. The molecular weight excluding hydrogens is 202 g/mol. The molecule has 16 heavy (non-hydrogen) atoms. The van der Waals surface area contributed by atoms with Crippen molar-refractivity contribution in [2.24, 2.45) is 11.7 Å². The molecule has 1 aromatic heterocycles. The number of carbonyl (C=O) groups is 1. The molecule has 0 aliphatic heterocycles. The zero-order valence-corrected chi connectivity index (χ0v) is 9.65. The predicted octanol–water partition coefficient (Wildman–Crippen LogP) is 1.07. The molecule has 0 bridgehead atoms. The van der Waals surface area contributed by atoms with Crippen molar-refractivity contribution in [1.82, 2.24) is 10.3 Å². The first kappa shape index (κ1) is 12.6. The summed E-state index contributed by atoms with van der Waals surface area (Å²) < 4.78 is 0. The van der Waals surface area contributed by atoms with E-state index in [1.54, 1.807) is 12.4 Å². The molecule has 1 atom stereocenters. The molecule has 3 N–H and O–H groups in total. The van der Waals surface area contributed by atoms with Crippen LogP contribution in [-0.2, 0) is 11.3 Å². The lowest BCUT2D eigenvalue weighted by Gasteiger charge is -2.13. The molecule has 1 amide bonds. The van der Waals surface area contributed by atoms with Crippen molar-refractivity contribution in [3.05, 3.63) is 30.1 Å². The van der Waals surface area contributed by atoms with E-state index in [4.69, 9.17) is 5.73 Å². The number of aromatic nitrogens is 1. The number of nitrogens with one attached hydrogen (secondary N) is 1. The Hall–Kier alpha value is -1.42. The molecule has 0 aliphatic rings. The number of nitrogens with two attached hydrogens (primary N) is 1. The van der Waals surface area contributed by atoms with Gasteiger partial charge >= 0.3 is 0 Å². The Bertz CT molecular complexity index is 313. The SMILES string of the molecule is CCC(CCN)C(=O)NCc1cccnc1. The number of amides is 1. The average Bonchev–Trinajstić information content (AvgIpc) is 2.34. The molecule has 1 unspecified atom stereocenters. The quantitative estimate of drug-likeness (QED) is 0.755. The van der Waals surface area contributed by atoms with Gasteiger partial charge in [-0.3, -0.25) is 9.78 Å². The molecular formula is C12H19N3O. The van der Waals surface area contributed by atoms with Gasteiger partial charge < -0.3 is 11.1 Å². The zero-order chi connectivity index (χ0) is 11.8. The molecule has 4 nitrogen and oxygen atoms in total. The molecule has 1 aromatic rings. The van der Waals surface area contributed by atoms with Crippen LogP contribution in [0.1, 0.15) is 25.3 Å². The van der Waals surface area contributed by atoms with Gasteiger partial charge in [0.2, 0.25) is 5.91 Å². The lowest BCUT2D eigenvalue weighted by Crippen LogP contribution is -2.31. The van der Waals surface area contributed by atoms with Crippen LogP contribution in [0.3, 0.4) is 0 Å². The maximum Gasteiger partial charge on any atom is 0.223 e. The molecule has 1 rings (SSSR count). The summed E-state index contributed by atoms with van der Waals surface area (Å²) in [5.41, 5.74) is 6.47. The zero-order valence-electron chi connectivity index (χ0n) is 9.65. The summed E-state index contributed by atoms with van der Waals surface area (Å²) in [4.78, 5) is 15.7. The van der Waals surface area contributed by atoms with Crippen molar-refractivity contribution >= 4 is 5.91 Å². The summed E-state index contributed by atoms with van der Waals surface area (Å²) in [7, 11) is 0. The van der Waals surface area contributed by atoms with Crippen molar-refractivity contribution in [1.29, 1.82) is 0 Å². The molecule has 0 fully saturated rings. The fourth-order valence-electron chi connectivity index (χ4n) is 1.56. The Morgan fingerprint density at radius 2 is 2.44 bits per heavy atom. The average molecular weight is 221 g/mol. The van der Waals surface area contributed by atoms with Gasteiger partial charge in [0.1, 0.15) is 0 Å². The molecule has 4 heteroatoms. The fourth-order valence-corrected chi connectivity index (χ4v) is 1.56. The highest BCUT2D eigenvalue weighted by Crippen LogP contribution is 2.07. The minimum absolute atomic E-state index is 0.0293. The summed E-state index contributed by atoms with van der Waals surface area (Å²) in [5.74, 6) is 0.110. The van der Waals surface area contributed by atoms with E-state index in [2.05, 4.69) is 10.3 Å². The van der Waals surface area contributed by atoms with Gasteiger partial charge in [0, 0.05) is 24.9 Å². The first-order valence-electron chi connectivity index (χ1n) is 5.64. The second kappa shape index (κ2) is 6.95. The topological polar surface area (TPSA) is 68.0 Å². The molecule has 0 radical (unpaired) electrons. The van der Waals surface area contributed by atoms with E-state index in [0.717, 1.165) is 18.4 Å². The first-order chi connectivity index (χ1) is 7.77. The second-order valence-corrected chi connectivity index (χ2v) is 3.76. The Morgan fingerprint density at radius 3 is 3.00 bits per heavy atom. The van der Waals surface area contributed by atoms with Crippen LogP contribution in [0, 0.1) is 5.92 Å². The normalized spacial score (nSPS) is 12.1. The smallest absolute Gasteiger partial charge is 0.223 e. The number of nitrogens with zero attached hydrogens (tertiary/aromatic N) is 1. The summed E-state index contributed by atoms with van der Waals surface area (Å²) in [6.45, 7) is 3.09. The molecule has 0 aromatic carbocycles. The standard InChI is InChI=1S/C12H19N3O/c1-2-11(5-6-13)12(16)15-9-10-4-3-7-14-8-10/h3-4,7-8,11H,2,5-6,9,13H2,1H3,(H,15,16). The summed E-state index contributed by atoms with van der Waals surface area (Å²) in [6.07, 6.45) is 5.05. The number of rotatable bonds is 6. The van der Waals surface area contributed by atoms with Crippen molar-refractivity contribution < 1.29 is 4.79 Å². The van der Waals surface area contributed by atoms with Crippen LogP contribution >= 0.6 is 0 Å². The van der Waals surface area contributed by atoms with Crippen LogP contribution in [-0.4, -0.2) is 17.4 Å². The predicted molar refractivity (Wildman–Crippen MR) is 63.5 cm³/mol. The highest BCUT2D eigenvalue weighted by atomic mass is 16.1. The van der Waals surface area contributed by atoms with E-state index in [9.17, 15) is 4.79 Å². The highest BCUT2D eigenvalue weighted by molar-refractivity contribution is 5.78. The van der Waals surface area contributed by atoms with Gasteiger partial charge in [-0.1, -0.05) is 13.0 Å². The van der Waals surface area contributed by atoms with Crippen LogP contribution in [0.5, 0.6) is 0 Å². The van der Waals surface area contributed by atoms with Crippen LogP contribution in [0.2, 0.25) is 0 Å². The molecule has 0 spiro atoms. The molecule has 88 valence electrons. The number of pyridine rings is 1. The maximum absolute atomic E-state index is 11.8. The third kappa shape index (κ3) is 3.98. The third-order valence-corrected chi connectivity index (χ3v) is 2.57. The second-order valence-electron chi connectivity index (χ2n) is 3.76. The minimum Gasteiger partial charge on any atom is -0.352 e. The van der Waals surface area contributed by atoms with Crippen molar-refractivity contribution in [2.45, 2.75) is 26.3 Å². The fraction of sp³-hybridized carbons (Fsp3) is 0.500. The van der Waals surface area contributed by atoms with Crippen molar-refractivity contribution in [2.75, 3.05) is 6.54 Å². The largest absolute Gasteiger partial charge is 0.352 e. The Kier molecular flexibility index (Phi) is 5.50. The third-order valence-electron chi connectivity index (χ3n) is 2.57. The van der Waals surface area contributed by atoms with Crippen LogP contribution in [0.4, 0.5) is 0 Å². The van der Waals surface area contributed by atoms with E-state index >= 15 is 0 Å². The highest BCUT2D eigenvalue weighted by Gasteiger charge is 2.14. The maximum atomic E-state index is 11.8. The number of carbonyl (C=O) groups excluding carboxylic acids is 1. The Morgan fingerprint density at radius 1 is 1.62 bits per heavy atom. The van der Waals surface area contributed by atoms with Crippen LogP contribution < -0.4 is 11.1 Å². The molecule has 0 saturated heterocycles. The van der Waals surface area contributed by atoms with Gasteiger partial charge in [0.05, 0.1) is 0 Å². The molecule has 0 saturated carbocycles. The van der Waals surface area contributed by atoms with Crippen molar-refractivity contribution in [3.63, 3.8) is 0 Å². The summed E-state index contributed by atoms with van der Waals surface area (Å²) in [6, 6.07) is 3.80. The van der Waals surface area contributed by atoms with E-state index < -0.39 is 0 Å².